The zero-order chi connectivity index (χ0) is 31.7. The fraction of sp³-hybridized carbons (Fsp3) is 0.349. The summed E-state index contributed by atoms with van der Waals surface area (Å²) < 4.78 is 6.96. The van der Waals surface area contributed by atoms with Crippen molar-refractivity contribution in [1.29, 1.82) is 0 Å². The molecule has 0 saturated carbocycles. The Balaban J connectivity index is 1.43. The monoisotopic (exact) mass is 774 g/mol. The molecule has 0 radical (unpaired) electrons. The standard InChI is InChI=1S/C41H44Si.2CH3.Hf/c1-7-8-21-42(6,36-24-34-17-11-19-38(40(34)26-36)32-15-9-13-30(22-32)28(2)3)37-25-35-18-12-20-39(41(35)27-37)33-16-10-14-31(23-33)29(4)5;;;/h9-20,22-29H,7-8,21H2,1-6H3;2*1H3;. The molecule has 1 saturated heterocycles. The van der Waals surface area contributed by atoms with Gasteiger partial charge in [-0.25, -0.2) is 0 Å². The average molecular weight is 773 g/mol. The first-order chi connectivity index (χ1) is 21.6. The van der Waals surface area contributed by atoms with Gasteiger partial charge < -0.3 is 0 Å². The fourth-order valence-electron chi connectivity index (χ4n) is 9.15. The van der Waals surface area contributed by atoms with E-state index in [4.69, 9.17) is 0 Å². The summed E-state index contributed by atoms with van der Waals surface area (Å²) in [7, 11) is -1.93. The van der Waals surface area contributed by atoms with Crippen molar-refractivity contribution in [1.82, 2.24) is 0 Å². The first kappa shape index (κ1) is 31.1. The minimum absolute atomic E-state index is 0.535. The van der Waals surface area contributed by atoms with Crippen LogP contribution in [-0.4, -0.2) is 8.07 Å². The molecular formula is C43H50HfSi. The Morgan fingerprint density at radius 3 is 1.51 bits per heavy atom. The molecule has 2 heteroatoms. The number of hydrogen-bond donors (Lipinski definition) is 0. The second-order valence-corrected chi connectivity index (χ2v) is 37.1. The van der Waals surface area contributed by atoms with Crippen LogP contribution in [0.3, 0.4) is 0 Å². The molecule has 2 aliphatic carbocycles. The fourth-order valence-corrected chi connectivity index (χ4v) is 41.7. The number of benzene rings is 4. The molecule has 0 N–H and O–H groups in total. The Hall–Kier alpha value is -2.55. The van der Waals surface area contributed by atoms with Crippen molar-refractivity contribution in [2.75, 3.05) is 0 Å². The first-order valence-electron chi connectivity index (χ1n) is 17.5. The van der Waals surface area contributed by atoms with Crippen molar-refractivity contribution >= 4 is 20.2 Å². The molecule has 0 nitrogen and oxygen atoms in total. The van der Waals surface area contributed by atoms with Crippen molar-refractivity contribution in [3.8, 4) is 22.3 Å². The molecule has 0 aromatic heterocycles. The third kappa shape index (κ3) is 4.92. The second-order valence-electron chi connectivity index (χ2n) is 15.5. The zero-order valence-electron chi connectivity index (χ0n) is 28.7. The summed E-state index contributed by atoms with van der Waals surface area (Å²) >= 11 is -3.07. The SMILES string of the molecule is CCCC[Si]1(C)C2=Cc3c(-c4cccc(C(C)C)c4)cccc3[CH]2[Hf]([CH3])([CH3])[CH]2C1=Cc1c(-c3cccc(C(C)C)c3)cccc12. The van der Waals surface area contributed by atoms with E-state index < -0.39 is 28.0 Å². The number of fused-ring (bicyclic) bond motifs is 6. The van der Waals surface area contributed by atoms with Crippen LogP contribution in [-0.2, 0) is 20.0 Å². The minimum atomic E-state index is -3.07. The predicted molar refractivity (Wildman–Crippen MR) is 196 cm³/mol. The molecule has 7 rings (SSSR count). The van der Waals surface area contributed by atoms with E-state index >= 15 is 0 Å². The molecule has 0 amide bonds. The molecule has 2 unspecified atom stereocenters. The van der Waals surface area contributed by atoms with Crippen molar-refractivity contribution in [3.63, 3.8) is 0 Å². The van der Waals surface area contributed by atoms with Gasteiger partial charge in [0.15, 0.2) is 0 Å². The molecule has 0 spiro atoms. The van der Waals surface area contributed by atoms with Gasteiger partial charge in [0.25, 0.3) is 0 Å². The van der Waals surface area contributed by atoms with Crippen molar-refractivity contribution in [2.45, 2.75) is 88.6 Å². The van der Waals surface area contributed by atoms with Gasteiger partial charge in [0, 0.05) is 0 Å². The Kier molecular flexibility index (Phi) is 8.01. The van der Waals surface area contributed by atoms with Crippen LogP contribution >= 0.6 is 0 Å². The van der Waals surface area contributed by atoms with Crippen LogP contribution in [0, 0.1) is 0 Å². The molecule has 230 valence electrons. The van der Waals surface area contributed by atoms with Gasteiger partial charge in [0.2, 0.25) is 0 Å². The second kappa shape index (κ2) is 11.6. The molecule has 0 bridgehead atoms. The predicted octanol–water partition coefficient (Wildman–Crippen LogP) is 13.1. The number of rotatable bonds is 7. The van der Waals surface area contributed by atoms with Gasteiger partial charge in [-0.3, -0.25) is 0 Å². The quantitative estimate of drug-likeness (QED) is 0.164. The summed E-state index contributed by atoms with van der Waals surface area (Å²) in [6.45, 7) is 14.4. The topological polar surface area (TPSA) is 0 Å². The van der Waals surface area contributed by atoms with Gasteiger partial charge in [0.1, 0.15) is 0 Å². The molecule has 4 aromatic rings. The Morgan fingerprint density at radius 1 is 0.644 bits per heavy atom. The average Bonchev–Trinajstić information content (AvgIpc) is 3.65. The van der Waals surface area contributed by atoms with Crippen molar-refractivity contribution < 1.29 is 20.0 Å². The molecular weight excluding hydrogens is 723 g/mol. The third-order valence-corrected chi connectivity index (χ3v) is 33.6. The van der Waals surface area contributed by atoms with Gasteiger partial charge >= 0.3 is 280 Å². The van der Waals surface area contributed by atoms with E-state index in [1.807, 2.05) is 10.4 Å². The third-order valence-electron chi connectivity index (χ3n) is 11.6. The Bertz CT molecular complexity index is 1720. The van der Waals surface area contributed by atoms with Crippen LogP contribution in [0.1, 0.15) is 100 Å². The van der Waals surface area contributed by atoms with Crippen molar-refractivity contribution in [2.24, 2.45) is 0 Å². The zero-order valence-corrected chi connectivity index (χ0v) is 33.3. The van der Waals surface area contributed by atoms with Crippen LogP contribution in [0.2, 0.25) is 22.0 Å². The summed E-state index contributed by atoms with van der Waals surface area (Å²) in [6, 6.07) is 34.7. The normalized spacial score (nSPS) is 22.5. The molecule has 1 aliphatic heterocycles. The van der Waals surface area contributed by atoms with Crippen LogP contribution < -0.4 is 0 Å². The van der Waals surface area contributed by atoms with Gasteiger partial charge in [-0.15, -0.1) is 0 Å². The van der Waals surface area contributed by atoms with E-state index in [-0.39, 0.29) is 0 Å². The van der Waals surface area contributed by atoms with Crippen LogP contribution in [0.25, 0.3) is 34.4 Å². The molecule has 4 aromatic carbocycles. The maximum atomic E-state index is 2.81. The van der Waals surface area contributed by atoms with E-state index in [2.05, 4.69) is 148 Å². The Morgan fingerprint density at radius 2 is 1.09 bits per heavy atom. The van der Waals surface area contributed by atoms with E-state index in [0.29, 0.717) is 19.2 Å². The molecule has 3 aliphatic rings. The molecule has 1 heterocycles. The van der Waals surface area contributed by atoms with Crippen LogP contribution in [0.4, 0.5) is 0 Å². The van der Waals surface area contributed by atoms with Gasteiger partial charge in [-0.1, -0.05) is 0 Å². The summed E-state index contributed by atoms with van der Waals surface area (Å²) in [6.07, 6.45) is 8.11. The number of unbranched alkanes of at least 4 members (excludes halogenated alkanes) is 1. The van der Waals surface area contributed by atoms with E-state index in [1.165, 1.54) is 52.3 Å². The summed E-state index contributed by atoms with van der Waals surface area (Å²) in [5.41, 5.74) is 14.9. The summed E-state index contributed by atoms with van der Waals surface area (Å²) in [4.78, 5) is 0. The Labute approximate surface area is 278 Å². The summed E-state index contributed by atoms with van der Waals surface area (Å²) in [5, 5.41) is 3.76. The molecule has 1 fully saturated rings. The van der Waals surface area contributed by atoms with E-state index in [1.54, 1.807) is 22.3 Å². The van der Waals surface area contributed by atoms with Crippen molar-refractivity contribution in [3.05, 3.63) is 129 Å². The van der Waals surface area contributed by atoms with Crippen LogP contribution in [0.5, 0.6) is 0 Å². The van der Waals surface area contributed by atoms with Gasteiger partial charge in [-0.2, -0.15) is 0 Å². The van der Waals surface area contributed by atoms with Gasteiger partial charge in [0.05, 0.1) is 0 Å². The number of hydrogen-bond acceptors (Lipinski definition) is 0. The van der Waals surface area contributed by atoms with Gasteiger partial charge in [-0.05, 0) is 0 Å². The maximum absolute atomic E-state index is 3.07. The van der Waals surface area contributed by atoms with E-state index in [0.717, 1.165) is 0 Å². The molecule has 45 heavy (non-hydrogen) atoms. The molecule has 2 atom stereocenters. The summed E-state index contributed by atoms with van der Waals surface area (Å²) in [5.74, 6) is 1.07. The van der Waals surface area contributed by atoms with Crippen LogP contribution in [0.15, 0.2) is 95.3 Å². The first-order valence-corrected chi connectivity index (χ1v) is 31.5. The van der Waals surface area contributed by atoms with E-state index in [9.17, 15) is 0 Å². The number of allylic oxidation sites excluding steroid dienone is 2.